The van der Waals surface area contributed by atoms with Gasteiger partial charge in [0.15, 0.2) is 0 Å². The van der Waals surface area contributed by atoms with E-state index >= 15 is 0 Å². The number of H-pyrrole nitrogens is 1. The van der Waals surface area contributed by atoms with Gasteiger partial charge in [0, 0.05) is 17.3 Å². The fourth-order valence-corrected chi connectivity index (χ4v) is 2.89. The second kappa shape index (κ2) is 6.94. The van der Waals surface area contributed by atoms with Gasteiger partial charge in [0.1, 0.15) is 10.3 Å². The number of carbonyl (C=O) groups is 2. The summed E-state index contributed by atoms with van der Waals surface area (Å²) in [6.45, 7) is 0. The third kappa shape index (κ3) is 3.08. The van der Waals surface area contributed by atoms with Crippen LogP contribution in [0.15, 0.2) is 58.5 Å². The van der Waals surface area contributed by atoms with Crippen LogP contribution in [0.2, 0.25) is 0 Å². The SMILES string of the molecule is COC(=O)C1=C(C(=O)OC)N(c2ccc3n[nH]c(Br)c3c2)C=CC=C1. The molecule has 1 aliphatic rings. The number of benzene rings is 1. The van der Waals surface area contributed by atoms with Crippen molar-refractivity contribution >= 4 is 44.5 Å². The highest BCUT2D eigenvalue weighted by atomic mass is 79.9. The van der Waals surface area contributed by atoms with E-state index in [0.29, 0.717) is 5.69 Å². The Hall–Kier alpha value is -2.87. The second-order valence-electron chi connectivity index (χ2n) is 5.06. The van der Waals surface area contributed by atoms with Gasteiger partial charge in [-0.25, -0.2) is 9.59 Å². The quantitative estimate of drug-likeness (QED) is 0.793. The first-order valence-electron chi connectivity index (χ1n) is 7.25. The Morgan fingerprint density at radius 1 is 1.16 bits per heavy atom. The summed E-state index contributed by atoms with van der Waals surface area (Å²) in [6, 6.07) is 5.45. The number of hydrogen-bond acceptors (Lipinski definition) is 6. The van der Waals surface area contributed by atoms with Gasteiger partial charge in [-0.05, 0) is 46.3 Å². The first-order valence-corrected chi connectivity index (χ1v) is 8.04. The molecule has 3 rings (SSSR count). The number of nitrogens with zero attached hydrogens (tertiary/aromatic N) is 2. The van der Waals surface area contributed by atoms with Gasteiger partial charge in [0.2, 0.25) is 0 Å². The maximum absolute atomic E-state index is 12.4. The molecule has 0 bridgehead atoms. The topological polar surface area (TPSA) is 84.5 Å². The Morgan fingerprint density at radius 3 is 2.64 bits per heavy atom. The van der Waals surface area contributed by atoms with E-state index in [1.165, 1.54) is 20.3 Å². The van der Waals surface area contributed by atoms with Crippen molar-refractivity contribution < 1.29 is 19.1 Å². The number of hydrogen-bond donors (Lipinski definition) is 1. The summed E-state index contributed by atoms with van der Waals surface area (Å²) in [5.74, 6) is -1.28. The smallest absolute Gasteiger partial charge is 0.355 e. The van der Waals surface area contributed by atoms with Crippen LogP contribution < -0.4 is 4.90 Å². The van der Waals surface area contributed by atoms with E-state index in [-0.39, 0.29) is 11.3 Å². The van der Waals surface area contributed by atoms with Gasteiger partial charge >= 0.3 is 11.9 Å². The number of methoxy groups -OCH3 is 2. The molecule has 8 heteroatoms. The molecule has 0 amide bonds. The highest BCUT2D eigenvalue weighted by Crippen LogP contribution is 2.30. The zero-order valence-electron chi connectivity index (χ0n) is 13.4. The predicted molar refractivity (Wildman–Crippen MR) is 95.6 cm³/mol. The maximum atomic E-state index is 12.4. The van der Waals surface area contributed by atoms with Crippen LogP contribution in [0.3, 0.4) is 0 Å². The molecule has 0 unspecified atom stereocenters. The molecule has 2 aromatic rings. The molecule has 7 nitrogen and oxygen atoms in total. The van der Waals surface area contributed by atoms with Gasteiger partial charge in [-0.3, -0.25) is 5.10 Å². The zero-order chi connectivity index (χ0) is 18.0. The molecule has 2 heterocycles. The van der Waals surface area contributed by atoms with Crippen LogP contribution in [0.1, 0.15) is 0 Å². The average Bonchev–Trinajstić information content (AvgIpc) is 2.87. The molecule has 1 N–H and O–H groups in total. The number of nitrogens with one attached hydrogen (secondary N) is 1. The number of halogens is 1. The minimum atomic E-state index is -0.650. The van der Waals surface area contributed by atoms with Crippen molar-refractivity contribution in [3.63, 3.8) is 0 Å². The summed E-state index contributed by atoms with van der Waals surface area (Å²) in [7, 11) is 2.52. The van der Waals surface area contributed by atoms with Crippen molar-refractivity contribution in [1.29, 1.82) is 0 Å². The number of fused-ring (bicyclic) bond motifs is 1. The maximum Gasteiger partial charge on any atom is 0.355 e. The van der Waals surface area contributed by atoms with E-state index in [9.17, 15) is 9.59 Å². The van der Waals surface area contributed by atoms with Crippen molar-refractivity contribution in [3.8, 4) is 0 Å². The van der Waals surface area contributed by atoms with Crippen molar-refractivity contribution in [3.05, 3.63) is 58.5 Å². The fourth-order valence-electron chi connectivity index (χ4n) is 2.48. The number of rotatable bonds is 3. The monoisotopic (exact) mass is 403 g/mol. The second-order valence-corrected chi connectivity index (χ2v) is 5.85. The largest absolute Gasteiger partial charge is 0.465 e. The van der Waals surface area contributed by atoms with Crippen LogP contribution in [0.5, 0.6) is 0 Å². The molecule has 0 spiro atoms. The first-order chi connectivity index (χ1) is 12.1. The third-order valence-corrected chi connectivity index (χ3v) is 4.26. The molecule has 0 atom stereocenters. The Labute approximate surface area is 151 Å². The number of carbonyl (C=O) groups excluding carboxylic acids is 2. The molecule has 0 aliphatic carbocycles. The Balaban J connectivity index is 2.20. The number of anilines is 1. The molecule has 25 heavy (non-hydrogen) atoms. The highest BCUT2D eigenvalue weighted by Gasteiger charge is 2.27. The lowest BCUT2D eigenvalue weighted by Gasteiger charge is -2.23. The van der Waals surface area contributed by atoms with E-state index in [4.69, 9.17) is 9.47 Å². The summed E-state index contributed by atoms with van der Waals surface area (Å²) in [5.41, 5.74) is 1.60. The van der Waals surface area contributed by atoms with Crippen molar-refractivity contribution in [2.75, 3.05) is 19.1 Å². The molecule has 1 aliphatic heterocycles. The van der Waals surface area contributed by atoms with Gasteiger partial charge in [0.25, 0.3) is 0 Å². The zero-order valence-corrected chi connectivity index (χ0v) is 15.0. The molecule has 0 saturated carbocycles. The number of allylic oxidation sites excluding steroid dienone is 2. The predicted octanol–water partition coefficient (Wildman–Crippen LogP) is 2.82. The normalized spacial score (nSPS) is 14.0. The van der Waals surface area contributed by atoms with E-state index in [2.05, 4.69) is 26.1 Å². The van der Waals surface area contributed by atoms with Crippen molar-refractivity contribution in [1.82, 2.24) is 10.2 Å². The molecule has 0 fully saturated rings. The lowest BCUT2D eigenvalue weighted by atomic mass is 10.1. The number of ether oxygens (including phenoxy) is 2. The van der Waals surface area contributed by atoms with E-state index in [1.54, 1.807) is 29.3 Å². The molecule has 0 radical (unpaired) electrons. The summed E-state index contributed by atoms with van der Waals surface area (Å²) in [4.78, 5) is 26.1. The van der Waals surface area contributed by atoms with E-state index in [1.807, 2.05) is 12.1 Å². The van der Waals surface area contributed by atoms with Crippen LogP contribution in [0.4, 0.5) is 5.69 Å². The van der Waals surface area contributed by atoms with Crippen LogP contribution >= 0.6 is 15.9 Å². The molecule has 128 valence electrons. The summed E-state index contributed by atoms with van der Waals surface area (Å²) in [6.07, 6.45) is 6.56. The van der Waals surface area contributed by atoms with E-state index in [0.717, 1.165) is 15.5 Å². The van der Waals surface area contributed by atoms with Crippen molar-refractivity contribution in [2.24, 2.45) is 0 Å². The lowest BCUT2D eigenvalue weighted by molar-refractivity contribution is -0.139. The molecule has 0 saturated heterocycles. The van der Waals surface area contributed by atoms with Crippen LogP contribution in [0.25, 0.3) is 10.9 Å². The van der Waals surface area contributed by atoms with Crippen LogP contribution in [0, 0.1) is 0 Å². The Bertz CT molecular complexity index is 943. The standard InChI is InChI=1S/C17H14BrN3O4/c1-24-16(22)11-5-3-4-8-21(14(11)17(23)25-2)10-6-7-13-12(9-10)15(18)20-19-13/h3-9H,1-2H3,(H,19,20). The summed E-state index contributed by atoms with van der Waals surface area (Å²) < 4.78 is 10.4. The Morgan fingerprint density at radius 2 is 1.92 bits per heavy atom. The number of aromatic amines is 1. The fraction of sp³-hybridized carbons (Fsp3) is 0.118. The van der Waals surface area contributed by atoms with Gasteiger partial charge in [0.05, 0.1) is 25.3 Å². The lowest BCUT2D eigenvalue weighted by Crippen LogP contribution is -2.26. The summed E-state index contributed by atoms with van der Waals surface area (Å²) in [5, 5.41) is 7.83. The average molecular weight is 404 g/mol. The van der Waals surface area contributed by atoms with Gasteiger partial charge < -0.3 is 14.4 Å². The van der Waals surface area contributed by atoms with Crippen LogP contribution in [-0.2, 0) is 19.1 Å². The van der Waals surface area contributed by atoms with E-state index < -0.39 is 11.9 Å². The Kier molecular flexibility index (Phi) is 4.71. The molecule has 1 aromatic carbocycles. The molecular weight excluding hydrogens is 390 g/mol. The van der Waals surface area contributed by atoms with Crippen molar-refractivity contribution in [2.45, 2.75) is 0 Å². The van der Waals surface area contributed by atoms with Gasteiger partial charge in [-0.15, -0.1) is 0 Å². The van der Waals surface area contributed by atoms with Gasteiger partial charge in [-0.2, -0.15) is 5.10 Å². The minimum absolute atomic E-state index is 0.0679. The van der Waals surface area contributed by atoms with Crippen LogP contribution in [-0.4, -0.2) is 36.4 Å². The third-order valence-electron chi connectivity index (χ3n) is 3.66. The first kappa shape index (κ1) is 17.0. The van der Waals surface area contributed by atoms with Gasteiger partial charge in [-0.1, -0.05) is 6.08 Å². The molecular formula is C17H14BrN3O4. The number of aromatic nitrogens is 2. The highest BCUT2D eigenvalue weighted by molar-refractivity contribution is 9.10. The minimum Gasteiger partial charge on any atom is -0.465 e. The molecule has 1 aromatic heterocycles. The number of esters is 2. The summed E-state index contributed by atoms with van der Waals surface area (Å²) >= 11 is 3.40.